The minimum absolute atomic E-state index is 0.0224. The molecule has 1 heterocycles. The fourth-order valence-corrected chi connectivity index (χ4v) is 3.93. The number of carbonyl (C=O) groups is 1. The van der Waals surface area contributed by atoms with E-state index < -0.39 is 10.8 Å². The van der Waals surface area contributed by atoms with E-state index in [4.69, 9.17) is 5.73 Å². The minimum atomic E-state index is -0.590. The summed E-state index contributed by atoms with van der Waals surface area (Å²) in [4.78, 5) is 28.8. The molecule has 1 atom stereocenters. The summed E-state index contributed by atoms with van der Waals surface area (Å²) in [7, 11) is 3.97. The third-order valence-corrected chi connectivity index (χ3v) is 5.76. The number of hydrogen-bond donors (Lipinski definition) is 3. The molecular formula is C25H25N5O3. The first-order valence-electron chi connectivity index (χ1n) is 10.5. The second-order valence-corrected chi connectivity index (χ2v) is 8.07. The Balaban J connectivity index is 1.65. The molecule has 0 aliphatic rings. The standard InChI is InChI=1S/C25H25N5O3/c1-29(2)18-10-7-16(8-11-18)20(21-15-27-23-6-4-3-5-19(21)23)14-28-25(31)17-9-12-22(26)24(13-17)30(32)33/h3-13,15,20,27H,14,26H2,1-2H3,(H,28,31). The zero-order valence-electron chi connectivity index (χ0n) is 18.4. The second kappa shape index (κ2) is 9.04. The number of aromatic nitrogens is 1. The van der Waals surface area contributed by atoms with Gasteiger partial charge in [-0.1, -0.05) is 30.3 Å². The molecule has 168 valence electrons. The van der Waals surface area contributed by atoms with E-state index in [0.29, 0.717) is 6.54 Å². The molecule has 33 heavy (non-hydrogen) atoms. The highest BCUT2D eigenvalue weighted by Gasteiger charge is 2.21. The predicted octanol–water partition coefficient (Wildman–Crippen LogP) is 4.29. The van der Waals surface area contributed by atoms with Gasteiger partial charge in [0.1, 0.15) is 5.69 Å². The van der Waals surface area contributed by atoms with Crippen LogP contribution in [-0.2, 0) is 0 Å². The van der Waals surface area contributed by atoms with E-state index in [0.717, 1.165) is 27.7 Å². The van der Waals surface area contributed by atoms with Crippen LogP contribution in [0.5, 0.6) is 0 Å². The van der Waals surface area contributed by atoms with Crippen molar-refractivity contribution in [2.45, 2.75) is 5.92 Å². The summed E-state index contributed by atoms with van der Waals surface area (Å²) in [6.45, 7) is 0.320. The smallest absolute Gasteiger partial charge is 0.292 e. The highest BCUT2D eigenvalue weighted by Crippen LogP contribution is 2.31. The number of aromatic amines is 1. The number of para-hydroxylation sites is 1. The minimum Gasteiger partial charge on any atom is -0.393 e. The first-order chi connectivity index (χ1) is 15.8. The first kappa shape index (κ1) is 21.9. The molecule has 0 fully saturated rings. The van der Waals surface area contributed by atoms with Gasteiger partial charge in [0.25, 0.3) is 11.6 Å². The third-order valence-electron chi connectivity index (χ3n) is 5.76. The third kappa shape index (κ3) is 4.50. The molecule has 8 heteroatoms. The number of hydrogen-bond acceptors (Lipinski definition) is 5. The van der Waals surface area contributed by atoms with Crippen molar-refractivity contribution >= 4 is 33.9 Å². The number of nitrogens with two attached hydrogens (primary N) is 1. The molecule has 0 aliphatic carbocycles. The molecule has 0 bridgehead atoms. The van der Waals surface area contributed by atoms with Crippen molar-refractivity contribution in [3.63, 3.8) is 0 Å². The number of nitro groups is 1. The molecular weight excluding hydrogens is 418 g/mol. The number of fused-ring (bicyclic) bond motifs is 1. The molecule has 0 radical (unpaired) electrons. The molecule has 1 aromatic heterocycles. The summed E-state index contributed by atoms with van der Waals surface area (Å²) in [5.74, 6) is -0.516. The fraction of sp³-hybridized carbons (Fsp3) is 0.160. The van der Waals surface area contributed by atoms with Gasteiger partial charge in [-0.3, -0.25) is 14.9 Å². The number of nitrogens with one attached hydrogen (secondary N) is 2. The van der Waals surface area contributed by atoms with Gasteiger partial charge in [-0.2, -0.15) is 0 Å². The van der Waals surface area contributed by atoms with Gasteiger partial charge in [0.05, 0.1) is 4.92 Å². The van der Waals surface area contributed by atoms with Crippen LogP contribution in [0.25, 0.3) is 10.9 Å². The predicted molar refractivity (Wildman–Crippen MR) is 131 cm³/mol. The van der Waals surface area contributed by atoms with Crippen molar-refractivity contribution in [3.8, 4) is 0 Å². The monoisotopic (exact) mass is 443 g/mol. The number of benzene rings is 3. The number of nitrogen functional groups attached to an aromatic ring is 1. The van der Waals surface area contributed by atoms with E-state index in [-0.39, 0.29) is 22.9 Å². The van der Waals surface area contributed by atoms with Gasteiger partial charge >= 0.3 is 0 Å². The second-order valence-electron chi connectivity index (χ2n) is 8.07. The number of rotatable bonds is 7. The van der Waals surface area contributed by atoms with Crippen LogP contribution in [0.2, 0.25) is 0 Å². The van der Waals surface area contributed by atoms with Crippen LogP contribution in [0.15, 0.2) is 72.9 Å². The highest BCUT2D eigenvalue weighted by molar-refractivity contribution is 5.95. The lowest BCUT2D eigenvalue weighted by molar-refractivity contribution is -0.383. The van der Waals surface area contributed by atoms with E-state index in [1.54, 1.807) is 0 Å². The van der Waals surface area contributed by atoms with Crippen molar-refractivity contribution in [2.24, 2.45) is 0 Å². The first-order valence-corrected chi connectivity index (χ1v) is 10.5. The van der Waals surface area contributed by atoms with Crippen molar-refractivity contribution in [1.82, 2.24) is 10.3 Å². The Morgan fingerprint density at radius 3 is 2.55 bits per heavy atom. The zero-order valence-corrected chi connectivity index (χ0v) is 18.4. The Kier molecular flexibility index (Phi) is 5.99. The molecule has 1 unspecified atom stereocenters. The Morgan fingerprint density at radius 2 is 1.85 bits per heavy atom. The van der Waals surface area contributed by atoms with Crippen LogP contribution in [0.4, 0.5) is 17.1 Å². The lowest BCUT2D eigenvalue weighted by Gasteiger charge is -2.20. The van der Waals surface area contributed by atoms with Crippen molar-refractivity contribution < 1.29 is 9.72 Å². The van der Waals surface area contributed by atoms with Crippen LogP contribution in [-0.4, -0.2) is 36.5 Å². The van der Waals surface area contributed by atoms with Gasteiger partial charge in [-0.25, -0.2) is 0 Å². The van der Waals surface area contributed by atoms with Crippen LogP contribution < -0.4 is 16.0 Å². The molecule has 0 saturated heterocycles. The number of anilines is 2. The van der Waals surface area contributed by atoms with E-state index >= 15 is 0 Å². The Labute approximate surface area is 191 Å². The molecule has 0 aliphatic heterocycles. The van der Waals surface area contributed by atoms with Crippen molar-refractivity contribution in [2.75, 3.05) is 31.3 Å². The average molecular weight is 444 g/mol. The van der Waals surface area contributed by atoms with Gasteiger partial charge in [-0.05, 0) is 41.5 Å². The maximum absolute atomic E-state index is 12.9. The molecule has 3 aromatic carbocycles. The summed E-state index contributed by atoms with van der Waals surface area (Å²) in [6.07, 6.45) is 1.97. The van der Waals surface area contributed by atoms with E-state index in [1.165, 1.54) is 18.2 Å². The van der Waals surface area contributed by atoms with Gasteiger partial charge in [0.2, 0.25) is 0 Å². The molecule has 1 amide bonds. The molecule has 8 nitrogen and oxygen atoms in total. The quantitative estimate of drug-likeness (QED) is 0.224. The highest BCUT2D eigenvalue weighted by atomic mass is 16.6. The molecule has 4 rings (SSSR count). The number of nitro benzene ring substituents is 1. The van der Waals surface area contributed by atoms with Gasteiger partial charge in [0, 0.05) is 61.0 Å². The zero-order chi connectivity index (χ0) is 23.5. The number of H-pyrrole nitrogens is 1. The lowest BCUT2D eigenvalue weighted by Crippen LogP contribution is -2.29. The van der Waals surface area contributed by atoms with E-state index in [1.807, 2.05) is 61.6 Å². The summed E-state index contributed by atoms with van der Waals surface area (Å²) >= 11 is 0. The largest absolute Gasteiger partial charge is 0.393 e. The molecule has 0 saturated carbocycles. The number of amides is 1. The van der Waals surface area contributed by atoms with Crippen molar-refractivity contribution in [1.29, 1.82) is 0 Å². The summed E-state index contributed by atoms with van der Waals surface area (Å²) in [5, 5.41) is 15.2. The Hall–Kier alpha value is -4.33. The Bertz CT molecular complexity index is 1310. The molecule has 0 spiro atoms. The summed E-state index contributed by atoms with van der Waals surface area (Å²) < 4.78 is 0. The van der Waals surface area contributed by atoms with Gasteiger partial charge in [0.15, 0.2) is 0 Å². The normalized spacial score (nSPS) is 11.8. The SMILES string of the molecule is CN(C)c1ccc(C(CNC(=O)c2ccc(N)c([N+](=O)[O-])c2)c2c[nH]c3ccccc23)cc1. The Morgan fingerprint density at radius 1 is 1.12 bits per heavy atom. The summed E-state index contributed by atoms with van der Waals surface area (Å²) in [5.41, 5.74) is 9.80. The maximum Gasteiger partial charge on any atom is 0.292 e. The number of nitrogens with zero attached hydrogens (tertiary/aromatic N) is 2. The molecule has 4 aromatic rings. The van der Waals surface area contributed by atoms with Crippen LogP contribution in [0, 0.1) is 10.1 Å². The van der Waals surface area contributed by atoms with Gasteiger partial charge in [-0.15, -0.1) is 0 Å². The molecule has 4 N–H and O–H groups in total. The van der Waals surface area contributed by atoms with Crippen LogP contribution in [0.1, 0.15) is 27.4 Å². The van der Waals surface area contributed by atoms with E-state index in [9.17, 15) is 14.9 Å². The topological polar surface area (TPSA) is 117 Å². The van der Waals surface area contributed by atoms with Crippen LogP contribution in [0.3, 0.4) is 0 Å². The number of carbonyl (C=O) groups excluding carboxylic acids is 1. The fourth-order valence-electron chi connectivity index (χ4n) is 3.93. The van der Waals surface area contributed by atoms with Crippen molar-refractivity contribution in [3.05, 3.63) is 99.7 Å². The average Bonchev–Trinajstić information content (AvgIpc) is 3.23. The van der Waals surface area contributed by atoms with Gasteiger partial charge < -0.3 is 20.9 Å². The summed E-state index contributed by atoms with van der Waals surface area (Å²) in [6, 6.07) is 20.3. The maximum atomic E-state index is 12.9. The lowest BCUT2D eigenvalue weighted by atomic mass is 9.90. The van der Waals surface area contributed by atoms with E-state index in [2.05, 4.69) is 22.4 Å². The van der Waals surface area contributed by atoms with Crippen LogP contribution >= 0.6 is 0 Å².